The summed E-state index contributed by atoms with van der Waals surface area (Å²) in [5, 5.41) is 5.97. The summed E-state index contributed by atoms with van der Waals surface area (Å²) in [5.74, 6) is 1.52. The smallest absolute Gasteiger partial charge is 0.317 e. The Morgan fingerprint density at radius 1 is 1.26 bits per heavy atom. The highest BCUT2D eigenvalue weighted by molar-refractivity contribution is 5.77. The molecule has 0 radical (unpaired) electrons. The number of benzene rings is 1. The Bertz CT molecular complexity index is 672. The molecule has 148 valence electrons. The lowest BCUT2D eigenvalue weighted by molar-refractivity contribution is -0.125. The van der Waals surface area contributed by atoms with E-state index < -0.39 is 0 Å². The van der Waals surface area contributed by atoms with E-state index in [2.05, 4.69) is 10.6 Å². The van der Waals surface area contributed by atoms with Crippen LogP contribution in [-0.2, 0) is 11.3 Å². The largest absolute Gasteiger partial charge is 0.493 e. The molecule has 3 amide bonds. The standard InChI is InChI=1S/C20H29N3O4/c1-3-27-17-12-15(4-5-16(17)26-2)13-21-19(25)23-10-8-20(9-11-23)7-6-18(24)22-14-20/h4-5,12H,3,6-11,13-14H2,1-2H3,(H,21,25)(H,22,24). The van der Waals surface area contributed by atoms with Gasteiger partial charge >= 0.3 is 6.03 Å². The van der Waals surface area contributed by atoms with Crippen molar-refractivity contribution in [3.63, 3.8) is 0 Å². The van der Waals surface area contributed by atoms with Crippen LogP contribution in [0.1, 0.15) is 38.2 Å². The van der Waals surface area contributed by atoms with E-state index >= 15 is 0 Å². The summed E-state index contributed by atoms with van der Waals surface area (Å²) in [5.41, 5.74) is 1.14. The molecule has 0 aliphatic carbocycles. The summed E-state index contributed by atoms with van der Waals surface area (Å²) in [6, 6.07) is 5.64. The highest BCUT2D eigenvalue weighted by Crippen LogP contribution is 2.37. The van der Waals surface area contributed by atoms with Gasteiger partial charge in [0.1, 0.15) is 0 Å². The van der Waals surface area contributed by atoms with E-state index in [0.717, 1.165) is 44.5 Å². The van der Waals surface area contributed by atoms with Gasteiger partial charge in [0, 0.05) is 32.6 Å². The van der Waals surface area contributed by atoms with Crippen LogP contribution in [0.5, 0.6) is 11.5 Å². The first-order valence-electron chi connectivity index (χ1n) is 9.64. The average molecular weight is 375 g/mol. The van der Waals surface area contributed by atoms with E-state index in [1.54, 1.807) is 7.11 Å². The van der Waals surface area contributed by atoms with Crippen molar-refractivity contribution in [3.05, 3.63) is 23.8 Å². The molecular weight excluding hydrogens is 346 g/mol. The molecule has 27 heavy (non-hydrogen) atoms. The quantitative estimate of drug-likeness (QED) is 0.828. The number of nitrogens with one attached hydrogen (secondary N) is 2. The number of amides is 3. The molecule has 0 aromatic heterocycles. The lowest BCUT2D eigenvalue weighted by Gasteiger charge is -2.43. The average Bonchev–Trinajstić information content (AvgIpc) is 2.69. The Kier molecular flexibility index (Phi) is 6.08. The van der Waals surface area contributed by atoms with Gasteiger partial charge in [-0.25, -0.2) is 4.79 Å². The van der Waals surface area contributed by atoms with Crippen molar-refractivity contribution >= 4 is 11.9 Å². The van der Waals surface area contributed by atoms with Crippen LogP contribution in [0, 0.1) is 5.41 Å². The van der Waals surface area contributed by atoms with Crippen molar-refractivity contribution in [1.29, 1.82) is 0 Å². The normalized spacial score (nSPS) is 18.7. The van der Waals surface area contributed by atoms with Gasteiger partial charge in [-0.15, -0.1) is 0 Å². The first kappa shape index (κ1) is 19.3. The monoisotopic (exact) mass is 375 g/mol. The number of nitrogens with zero attached hydrogens (tertiary/aromatic N) is 1. The third-order valence-electron chi connectivity index (χ3n) is 5.63. The maximum atomic E-state index is 12.5. The second-order valence-electron chi connectivity index (χ2n) is 7.34. The highest BCUT2D eigenvalue weighted by atomic mass is 16.5. The molecule has 3 rings (SSSR count). The van der Waals surface area contributed by atoms with E-state index in [1.807, 2.05) is 30.0 Å². The Balaban J connectivity index is 1.50. The van der Waals surface area contributed by atoms with E-state index in [4.69, 9.17) is 9.47 Å². The summed E-state index contributed by atoms with van der Waals surface area (Å²) >= 11 is 0. The molecule has 0 unspecified atom stereocenters. The van der Waals surface area contributed by atoms with Gasteiger partial charge in [0.05, 0.1) is 13.7 Å². The Morgan fingerprint density at radius 3 is 2.67 bits per heavy atom. The summed E-state index contributed by atoms with van der Waals surface area (Å²) in [6.07, 6.45) is 3.42. The minimum atomic E-state index is -0.0431. The van der Waals surface area contributed by atoms with E-state index in [0.29, 0.717) is 31.1 Å². The summed E-state index contributed by atoms with van der Waals surface area (Å²) in [7, 11) is 1.61. The molecule has 0 bridgehead atoms. The number of methoxy groups -OCH3 is 1. The zero-order chi connectivity index (χ0) is 19.3. The molecular formula is C20H29N3O4. The zero-order valence-electron chi connectivity index (χ0n) is 16.2. The van der Waals surface area contributed by atoms with Crippen molar-refractivity contribution in [2.24, 2.45) is 5.41 Å². The third kappa shape index (κ3) is 4.64. The van der Waals surface area contributed by atoms with E-state index in [1.165, 1.54) is 0 Å². The van der Waals surface area contributed by atoms with E-state index in [9.17, 15) is 9.59 Å². The molecule has 1 aromatic carbocycles. The first-order valence-corrected chi connectivity index (χ1v) is 9.64. The Morgan fingerprint density at radius 2 is 2.04 bits per heavy atom. The topological polar surface area (TPSA) is 79.9 Å². The van der Waals surface area contributed by atoms with Crippen LogP contribution >= 0.6 is 0 Å². The van der Waals surface area contributed by atoms with Crippen LogP contribution in [-0.4, -0.2) is 50.2 Å². The number of carbonyl (C=O) groups is 2. The van der Waals surface area contributed by atoms with Crippen LogP contribution in [0.2, 0.25) is 0 Å². The minimum Gasteiger partial charge on any atom is -0.493 e. The molecule has 2 saturated heterocycles. The molecule has 0 saturated carbocycles. The highest BCUT2D eigenvalue weighted by Gasteiger charge is 2.38. The van der Waals surface area contributed by atoms with Gasteiger partial charge in [0.15, 0.2) is 11.5 Å². The van der Waals surface area contributed by atoms with Crippen molar-refractivity contribution in [1.82, 2.24) is 15.5 Å². The van der Waals surface area contributed by atoms with Gasteiger partial charge in [-0.05, 0) is 49.3 Å². The number of hydrogen-bond acceptors (Lipinski definition) is 4. The van der Waals surface area contributed by atoms with Crippen LogP contribution in [0.3, 0.4) is 0 Å². The Hall–Kier alpha value is -2.44. The number of hydrogen-bond donors (Lipinski definition) is 2. The van der Waals surface area contributed by atoms with Gasteiger partial charge in [-0.2, -0.15) is 0 Å². The van der Waals surface area contributed by atoms with Crippen molar-refractivity contribution < 1.29 is 19.1 Å². The predicted octanol–water partition coefficient (Wildman–Crippen LogP) is 2.30. The number of rotatable bonds is 5. The fourth-order valence-corrected chi connectivity index (χ4v) is 3.84. The van der Waals surface area contributed by atoms with Gasteiger partial charge in [0.2, 0.25) is 5.91 Å². The maximum absolute atomic E-state index is 12.5. The van der Waals surface area contributed by atoms with Gasteiger partial charge in [-0.3, -0.25) is 4.79 Å². The first-order chi connectivity index (χ1) is 13.0. The molecule has 7 heteroatoms. The number of urea groups is 1. The van der Waals surface area contributed by atoms with Crippen molar-refractivity contribution in [2.45, 2.75) is 39.2 Å². The van der Waals surface area contributed by atoms with Crippen molar-refractivity contribution in [2.75, 3.05) is 33.4 Å². The maximum Gasteiger partial charge on any atom is 0.317 e. The summed E-state index contributed by atoms with van der Waals surface area (Å²) in [4.78, 5) is 25.8. The molecule has 1 spiro atoms. The van der Waals surface area contributed by atoms with Crippen molar-refractivity contribution in [3.8, 4) is 11.5 Å². The lowest BCUT2D eigenvalue weighted by Crippen LogP contribution is -2.52. The third-order valence-corrected chi connectivity index (χ3v) is 5.63. The van der Waals surface area contributed by atoms with E-state index in [-0.39, 0.29) is 17.4 Å². The van der Waals surface area contributed by atoms with Crippen LogP contribution in [0.25, 0.3) is 0 Å². The van der Waals surface area contributed by atoms with Gasteiger partial charge in [0.25, 0.3) is 0 Å². The van der Waals surface area contributed by atoms with Gasteiger partial charge < -0.3 is 25.0 Å². The molecule has 7 nitrogen and oxygen atoms in total. The second-order valence-corrected chi connectivity index (χ2v) is 7.34. The number of likely N-dealkylation sites (tertiary alicyclic amines) is 1. The number of carbonyl (C=O) groups excluding carboxylic acids is 2. The molecule has 2 N–H and O–H groups in total. The number of ether oxygens (including phenoxy) is 2. The zero-order valence-corrected chi connectivity index (χ0v) is 16.2. The molecule has 1 aromatic rings. The molecule has 2 fully saturated rings. The van der Waals surface area contributed by atoms with Crippen LogP contribution < -0.4 is 20.1 Å². The molecule has 2 aliphatic rings. The SMILES string of the molecule is CCOc1cc(CNC(=O)N2CCC3(CCC(=O)NC3)CC2)ccc1OC. The molecule has 0 atom stereocenters. The summed E-state index contributed by atoms with van der Waals surface area (Å²) < 4.78 is 10.9. The fraction of sp³-hybridized carbons (Fsp3) is 0.600. The Labute approximate surface area is 160 Å². The minimum absolute atomic E-state index is 0.0431. The summed E-state index contributed by atoms with van der Waals surface area (Å²) in [6.45, 7) is 5.13. The van der Waals surface area contributed by atoms with Crippen LogP contribution in [0.4, 0.5) is 4.79 Å². The molecule has 2 aliphatic heterocycles. The predicted molar refractivity (Wildman–Crippen MR) is 102 cm³/mol. The number of piperidine rings is 2. The molecule has 2 heterocycles. The fourth-order valence-electron chi connectivity index (χ4n) is 3.84. The second kappa shape index (κ2) is 8.50. The lowest BCUT2D eigenvalue weighted by atomic mass is 9.73. The van der Waals surface area contributed by atoms with Crippen LogP contribution in [0.15, 0.2) is 18.2 Å². The van der Waals surface area contributed by atoms with Gasteiger partial charge in [-0.1, -0.05) is 6.07 Å².